The Morgan fingerprint density at radius 2 is 1.52 bits per heavy atom. The molecular formula is C19H36O6. The molecule has 148 valence electrons. The number of hydrogen-bond acceptors (Lipinski definition) is 6. The lowest BCUT2D eigenvalue weighted by Gasteiger charge is -2.23. The predicted molar refractivity (Wildman–Crippen MR) is 96.0 cm³/mol. The summed E-state index contributed by atoms with van der Waals surface area (Å²) in [6, 6.07) is 0. The van der Waals surface area contributed by atoms with Crippen LogP contribution in [0.2, 0.25) is 0 Å². The van der Waals surface area contributed by atoms with Crippen LogP contribution in [0.25, 0.3) is 0 Å². The van der Waals surface area contributed by atoms with Crippen LogP contribution in [0.1, 0.15) is 68.2 Å². The van der Waals surface area contributed by atoms with Gasteiger partial charge in [0.25, 0.3) is 0 Å². The summed E-state index contributed by atoms with van der Waals surface area (Å²) in [6.45, 7) is 16.8. The molecule has 1 fully saturated rings. The van der Waals surface area contributed by atoms with Gasteiger partial charge in [-0.2, -0.15) is 0 Å². The van der Waals surface area contributed by atoms with E-state index in [1.54, 1.807) is 6.92 Å². The van der Waals surface area contributed by atoms with Crippen LogP contribution in [0.15, 0.2) is 0 Å². The lowest BCUT2D eigenvalue weighted by Crippen LogP contribution is -2.30. The molecule has 0 radical (unpaired) electrons. The second-order valence-corrected chi connectivity index (χ2v) is 7.46. The van der Waals surface area contributed by atoms with Gasteiger partial charge in [0, 0.05) is 6.61 Å². The zero-order chi connectivity index (χ0) is 19.7. The number of hydrogen-bond donors (Lipinski definition) is 0. The number of rotatable bonds is 9. The van der Waals surface area contributed by atoms with E-state index in [1.807, 2.05) is 48.5 Å². The molecular weight excluding hydrogens is 324 g/mol. The fourth-order valence-corrected chi connectivity index (χ4v) is 1.40. The molecule has 2 atom stereocenters. The van der Waals surface area contributed by atoms with E-state index in [0.717, 1.165) is 19.4 Å². The third-order valence-electron chi connectivity index (χ3n) is 4.35. The van der Waals surface area contributed by atoms with Crippen molar-refractivity contribution in [2.75, 3.05) is 19.8 Å². The summed E-state index contributed by atoms with van der Waals surface area (Å²) in [5.74, 6) is -0.323. The zero-order valence-corrected chi connectivity index (χ0v) is 17.1. The van der Waals surface area contributed by atoms with E-state index in [1.165, 1.54) is 0 Å². The third kappa shape index (κ3) is 9.80. The molecule has 1 rings (SSSR count). The van der Waals surface area contributed by atoms with E-state index in [0.29, 0.717) is 13.2 Å². The first-order chi connectivity index (χ1) is 11.5. The summed E-state index contributed by atoms with van der Waals surface area (Å²) < 4.78 is 20.2. The van der Waals surface area contributed by atoms with Gasteiger partial charge < -0.3 is 18.9 Å². The first kappa shape index (κ1) is 23.9. The molecule has 0 amide bonds. The summed E-state index contributed by atoms with van der Waals surface area (Å²) in [6.07, 6.45) is 1.30. The number of epoxide rings is 1. The minimum absolute atomic E-state index is 0.125. The second kappa shape index (κ2) is 10.8. The smallest absolute Gasteiger partial charge is 0.313 e. The average Bonchev–Trinajstić information content (AvgIpc) is 3.37. The monoisotopic (exact) mass is 360 g/mol. The molecule has 25 heavy (non-hydrogen) atoms. The highest BCUT2D eigenvalue weighted by atomic mass is 16.7. The first-order valence-corrected chi connectivity index (χ1v) is 9.11. The normalized spacial score (nSPS) is 17.8. The van der Waals surface area contributed by atoms with Gasteiger partial charge in [-0.05, 0) is 54.4 Å². The van der Waals surface area contributed by atoms with E-state index >= 15 is 0 Å². The SMILES string of the molecule is CCC(C)(C)C(=O)OCC1CO1.CCOC(C)OC(=O)C(C)(C)CC. The minimum atomic E-state index is -0.441. The van der Waals surface area contributed by atoms with Crippen LogP contribution in [0.4, 0.5) is 0 Å². The van der Waals surface area contributed by atoms with Crippen molar-refractivity contribution in [2.45, 2.75) is 80.6 Å². The fraction of sp³-hybridized carbons (Fsp3) is 0.895. The summed E-state index contributed by atoms with van der Waals surface area (Å²) in [5.41, 5.74) is -0.764. The summed E-state index contributed by atoms with van der Waals surface area (Å²) in [4.78, 5) is 22.8. The summed E-state index contributed by atoms with van der Waals surface area (Å²) >= 11 is 0. The molecule has 0 aromatic rings. The van der Waals surface area contributed by atoms with E-state index < -0.39 is 11.7 Å². The first-order valence-electron chi connectivity index (χ1n) is 9.11. The van der Waals surface area contributed by atoms with Crippen molar-refractivity contribution in [3.63, 3.8) is 0 Å². The van der Waals surface area contributed by atoms with Gasteiger partial charge in [-0.25, -0.2) is 0 Å². The highest BCUT2D eigenvalue weighted by Crippen LogP contribution is 2.23. The van der Waals surface area contributed by atoms with Crippen LogP contribution in [-0.4, -0.2) is 44.2 Å². The molecule has 1 aliphatic heterocycles. The van der Waals surface area contributed by atoms with Crippen LogP contribution in [0.5, 0.6) is 0 Å². The van der Waals surface area contributed by atoms with Crippen molar-refractivity contribution < 1.29 is 28.5 Å². The molecule has 2 unspecified atom stereocenters. The number of carbonyl (C=O) groups is 2. The zero-order valence-electron chi connectivity index (χ0n) is 17.1. The largest absolute Gasteiger partial charge is 0.462 e. The Kier molecular flexibility index (Phi) is 10.3. The van der Waals surface area contributed by atoms with E-state index in [-0.39, 0.29) is 23.5 Å². The lowest BCUT2D eigenvalue weighted by molar-refractivity contribution is -0.184. The van der Waals surface area contributed by atoms with E-state index in [2.05, 4.69) is 0 Å². The quantitative estimate of drug-likeness (QED) is 0.354. The van der Waals surface area contributed by atoms with Gasteiger partial charge in [0.2, 0.25) is 0 Å². The number of ether oxygens (including phenoxy) is 4. The molecule has 1 heterocycles. The fourth-order valence-electron chi connectivity index (χ4n) is 1.40. The molecule has 0 aromatic heterocycles. The van der Waals surface area contributed by atoms with E-state index in [9.17, 15) is 9.59 Å². The van der Waals surface area contributed by atoms with Crippen LogP contribution in [0, 0.1) is 10.8 Å². The maximum atomic E-state index is 11.5. The Hall–Kier alpha value is -1.14. The topological polar surface area (TPSA) is 74.4 Å². The number of carbonyl (C=O) groups excluding carboxylic acids is 2. The van der Waals surface area contributed by atoms with Gasteiger partial charge in [-0.15, -0.1) is 0 Å². The molecule has 1 saturated heterocycles. The highest BCUT2D eigenvalue weighted by Gasteiger charge is 2.30. The van der Waals surface area contributed by atoms with Gasteiger partial charge in [0.05, 0.1) is 17.4 Å². The van der Waals surface area contributed by atoms with Crippen LogP contribution < -0.4 is 0 Å². The molecule has 6 nitrogen and oxygen atoms in total. The van der Waals surface area contributed by atoms with Gasteiger partial charge in [-0.3, -0.25) is 9.59 Å². The molecule has 1 aliphatic rings. The third-order valence-corrected chi connectivity index (χ3v) is 4.35. The Bertz CT molecular complexity index is 412. The van der Waals surface area contributed by atoms with Crippen molar-refractivity contribution in [3.05, 3.63) is 0 Å². The Morgan fingerprint density at radius 3 is 1.92 bits per heavy atom. The lowest BCUT2D eigenvalue weighted by atomic mass is 9.91. The molecule has 0 saturated carbocycles. The molecule has 0 bridgehead atoms. The summed E-state index contributed by atoms with van der Waals surface area (Å²) in [7, 11) is 0. The van der Waals surface area contributed by atoms with Crippen molar-refractivity contribution in [3.8, 4) is 0 Å². The molecule has 0 aliphatic carbocycles. The van der Waals surface area contributed by atoms with Crippen LogP contribution >= 0.6 is 0 Å². The minimum Gasteiger partial charge on any atom is -0.462 e. The number of esters is 2. The van der Waals surface area contributed by atoms with Crippen molar-refractivity contribution in [1.29, 1.82) is 0 Å². The average molecular weight is 360 g/mol. The van der Waals surface area contributed by atoms with E-state index in [4.69, 9.17) is 18.9 Å². The van der Waals surface area contributed by atoms with Crippen LogP contribution in [0.3, 0.4) is 0 Å². The summed E-state index contributed by atoms with van der Waals surface area (Å²) in [5, 5.41) is 0. The molecule has 0 spiro atoms. The maximum absolute atomic E-state index is 11.5. The van der Waals surface area contributed by atoms with Crippen LogP contribution in [-0.2, 0) is 28.5 Å². The van der Waals surface area contributed by atoms with Gasteiger partial charge >= 0.3 is 11.9 Å². The van der Waals surface area contributed by atoms with Gasteiger partial charge in [0.15, 0.2) is 6.29 Å². The Morgan fingerprint density at radius 1 is 1.04 bits per heavy atom. The second-order valence-electron chi connectivity index (χ2n) is 7.46. The Balaban J connectivity index is 0.000000462. The highest BCUT2D eigenvalue weighted by molar-refractivity contribution is 5.76. The molecule has 0 N–H and O–H groups in total. The van der Waals surface area contributed by atoms with Gasteiger partial charge in [0.1, 0.15) is 12.7 Å². The van der Waals surface area contributed by atoms with Gasteiger partial charge in [-0.1, -0.05) is 13.8 Å². The Labute approximate surface area is 152 Å². The molecule has 6 heteroatoms. The van der Waals surface area contributed by atoms with Crippen molar-refractivity contribution in [2.24, 2.45) is 10.8 Å². The maximum Gasteiger partial charge on any atom is 0.313 e. The van der Waals surface area contributed by atoms with Crippen molar-refractivity contribution >= 4 is 11.9 Å². The predicted octanol–water partition coefficient (Wildman–Crippen LogP) is 3.71. The standard InChI is InChI=1S/C10H20O3.C9H16O3/c1-6-10(4,5)9(11)13-8(3)12-7-2;1-4-9(2,3)8(10)12-6-7-5-11-7/h8H,6-7H2,1-5H3;7H,4-6H2,1-3H3. The van der Waals surface area contributed by atoms with Crippen molar-refractivity contribution in [1.82, 2.24) is 0 Å². The molecule has 0 aromatic carbocycles.